The number of carbonyl (C=O) groups excluding carboxylic acids is 3. The van der Waals surface area contributed by atoms with E-state index in [1.54, 1.807) is 0 Å². The lowest BCUT2D eigenvalue weighted by atomic mass is 9.94. The van der Waals surface area contributed by atoms with Gasteiger partial charge >= 0.3 is 16.3 Å². The number of nitrogen functional groups attached to an aromatic ring is 1. The lowest BCUT2D eigenvalue weighted by molar-refractivity contribution is -0.146. The van der Waals surface area contributed by atoms with Gasteiger partial charge in [0.15, 0.2) is 10.8 Å². The molecular weight excluding hydrogens is 516 g/mol. The fraction of sp³-hybridized carbons (Fsp3) is 0.650. The Bertz CT molecular complexity index is 1020. The first kappa shape index (κ1) is 31.2. The third kappa shape index (κ3) is 9.00. The predicted octanol–water partition coefficient (Wildman–Crippen LogP) is 0.266. The first-order valence-electron chi connectivity index (χ1n) is 11.2. The van der Waals surface area contributed by atoms with Crippen LogP contribution in [0.1, 0.15) is 46.2 Å². The average molecular weight is 551 g/mol. The number of nitrogens with two attached hydrogens (primary N) is 1. The van der Waals surface area contributed by atoms with E-state index in [0.29, 0.717) is 0 Å². The van der Waals surface area contributed by atoms with Gasteiger partial charge in [-0.3, -0.25) is 18.9 Å². The Morgan fingerprint density at radius 1 is 1.31 bits per heavy atom. The maximum Gasteiger partial charge on any atom is 0.362 e. The largest absolute Gasteiger partial charge is 0.466 e. The molecule has 2 heterocycles. The third-order valence-corrected chi connectivity index (χ3v) is 6.78. The minimum Gasteiger partial charge on any atom is -0.466 e. The molecule has 16 heteroatoms. The molecule has 14 nitrogen and oxygen atoms in total. The number of β-lactam (4-membered cyclic amide) rings is 1. The molecule has 0 aromatic carbocycles. The van der Waals surface area contributed by atoms with Gasteiger partial charge in [0.1, 0.15) is 18.8 Å². The van der Waals surface area contributed by atoms with Crippen LogP contribution in [-0.2, 0) is 34.3 Å². The average Bonchev–Trinajstić information content (AvgIpc) is 3.23. The van der Waals surface area contributed by atoms with Crippen molar-refractivity contribution in [3.63, 3.8) is 0 Å². The molecular formula is C20H34N6O8S2. The minimum atomic E-state index is -4.82. The van der Waals surface area contributed by atoms with Crippen LogP contribution in [0.2, 0.25) is 0 Å². The zero-order chi connectivity index (χ0) is 27.5. The van der Waals surface area contributed by atoms with E-state index in [1.807, 2.05) is 0 Å². The highest BCUT2D eigenvalue weighted by Crippen LogP contribution is 2.27. The highest BCUT2D eigenvalue weighted by Gasteiger charge is 2.53. The molecule has 204 valence electrons. The zero-order valence-electron chi connectivity index (χ0n) is 21.0. The summed E-state index contributed by atoms with van der Waals surface area (Å²) < 4.78 is 37.2. The van der Waals surface area contributed by atoms with Crippen LogP contribution in [0, 0.1) is 0 Å². The summed E-state index contributed by atoms with van der Waals surface area (Å²) in [6.45, 7) is 11.3. The number of carbonyl (C=O) groups is 3. The molecule has 0 radical (unpaired) electrons. The molecule has 1 fully saturated rings. The van der Waals surface area contributed by atoms with E-state index < -0.39 is 40.2 Å². The van der Waals surface area contributed by atoms with Crippen molar-refractivity contribution in [3.05, 3.63) is 11.1 Å². The molecule has 1 aliphatic rings. The molecule has 2 atom stereocenters. The summed E-state index contributed by atoms with van der Waals surface area (Å²) in [6.07, 6.45) is 0.224. The van der Waals surface area contributed by atoms with Crippen LogP contribution in [0.25, 0.3) is 0 Å². The quantitative estimate of drug-likeness (QED) is 0.0807. The number of oxime groups is 1. The number of nitrogens with one attached hydrogen (secondary N) is 1. The molecule has 0 unspecified atom stereocenters. The van der Waals surface area contributed by atoms with Crippen LogP contribution in [0.3, 0.4) is 0 Å². The van der Waals surface area contributed by atoms with Gasteiger partial charge in [0.25, 0.3) is 11.8 Å². The summed E-state index contributed by atoms with van der Waals surface area (Å²) in [6, 6.07) is -2.32. The maximum absolute atomic E-state index is 12.6. The lowest BCUT2D eigenvalue weighted by Gasteiger charge is -2.44. The first-order valence-corrected chi connectivity index (χ1v) is 13.5. The van der Waals surface area contributed by atoms with Crippen molar-refractivity contribution in [2.24, 2.45) is 5.16 Å². The predicted molar refractivity (Wildman–Crippen MR) is 134 cm³/mol. The van der Waals surface area contributed by atoms with Crippen molar-refractivity contribution in [2.75, 3.05) is 39.1 Å². The number of anilines is 1. The Kier molecular flexibility index (Phi) is 12.7. The summed E-state index contributed by atoms with van der Waals surface area (Å²) in [7, 11) is -3.62. The Labute approximate surface area is 214 Å². The summed E-state index contributed by atoms with van der Waals surface area (Å²) in [5.74, 6) is -2.39. The van der Waals surface area contributed by atoms with Crippen LogP contribution < -0.4 is 11.1 Å². The van der Waals surface area contributed by atoms with E-state index in [-0.39, 0.29) is 40.3 Å². The number of rotatable bonds is 12. The number of ether oxygens (including phenoxy) is 1. The second-order valence-electron chi connectivity index (χ2n) is 7.43. The van der Waals surface area contributed by atoms with Crippen molar-refractivity contribution in [2.45, 2.75) is 52.6 Å². The molecule has 1 aromatic rings. The Morgan fingerprint density at radius 3 is 2.33 bits per heavy atom. The topological polar surface area (TPSA) is 194 Å². The molecule has 0 bridgehead atoms. The molecule has 0 aliphatic carbocycles. The molecule has 36 heavy (non-hydrogen) atoms. The van der Waals surface area contributed by atoms with Gasteiger partial charge in [0.05, 0.1) is 12.6 Å². The molecule has 0 saturated carbocycles. The zero-order valence-corrected chi connectivity index (χ0v) is 22.6. The number of nitrogens with zero attached hydrogens (tertiary/aromatic N) is 4. The van der Waals surface area contributed by atoms with E-state index >= 15 is 0 Å². The van der Waals surface area contributed by atoms with Crippen molar-refractivity contribution in [3.8, 4) is 0 Å². The molecule has 0 spiro atoms. The molecule has 1 aliphatic heterocycles. The molecule has 2 amide bonds. The third-order valence-electron chi connectivity index (χ3n) is 5.16. The van der Waals surface area contributed by atoms with Crippen LogP contribution in [0.5, 0.6) is 0 Å². The number of aromatic nitrogens is 1. The van der Waals surface area contributed by atoms with Crippen LogP contribution >= 0.6 is 11.3 Å². The summed E-state index contributed by atoms with van der Waals surface area (Å²) in [5, 5.41) is 7.57. The van der Waals surface area contributed by atoms with Crippen molar-refractivity contribution >= 4 is 50.3 Å². The highest BCUT2D eigenvalue weighted by atomic mass is 32.2. The Morgan fingerprint density at radius 2 is 1.92 bits per heavy atom. The second kappa shape index (κ2) is 14.7. The van der Waals surface area contributed by atoms with E-state index in [0.717, 1.165) is 11.3 Å². The monoisotopic (exact) mass is 550 g/mol. The first-order chi connectivity index (χ1) is 16.9. The van der Waals surface area contributed by atoms with E-state index in [9.17, 15) is 27.4 Å². The molecule has 1 aromatic heterocycles. The summed E-state index contributed by atoms with van der Waals surface area (Å²) in [4.78, 5) is 46.5. The second-order valence-corrected chi connectivity index (χ2v) is 9.60. The van der Waals surface area contributed by atoms with E-state index in [4.69, 9.17) is 10.5 Å². The molecule has 1 saturated heterocycles. The normalized spacial score (nSPS) is 17.7. The SMILES string of the molecule is CCN(CC)CC.CON=C(C(=O)N[C@@H]1C(=O)N(S(=O)(=O)O)[C@@H]1CCCOC(C)=O)c1csc(N)n1. The van der Waals surface area contributed by atoms with Crippen molar-refractivity contribution < 1.29 is 36.9 Å². The lowest BCUT2D eigenvalue weighted by Crippen LogP contribution is -2.72. The summed E-state index contributed by atoms with van der Waals surface area (Å²) >= 11 is 1.06. The minimum absolute atomic E-state index is 0.0194. The number of hydrogen-bond acceptors (Lipinski definition) is 12. The summed E-state index contributed by atoms with van der Waals surface area (Å²) in [5.41, 5.74) is 5.38. The highest BCUT2D eigenvalue weighted by molar-refractivity contribution is 7.84. The van der Waals surface area contributed by atoms with Gasteiger partial charge in [0.2, 0.25) is 0 Å². The maximum atomic E-state index is 12.6. The standard InChI is InChI=1S/C14H19N5O8S2.C6H15N/c1-7(20)27-5-3-4-9-11(13(22)19(9)29(23,24)25)17-12(21)10(18-26-2)8-6-28-14(15)16-8;1-4-7(5-2)6-3/h6,9,11H,3-5H2,1-2H3,(H2,15,16)(H,17,21)(H,23,24,25);4-6H2,1-3H3/t9-,11+;/m1./s1. The number of hydrogen-bond donors (Lipinski definition) is 3. The van der Waals surface area contributed by atoms with Gasteiger partial charge in [0, 0.05) is 12.3 Å². The van der Waals surface area contributed by atoms with Gasteiger partial charge in [-0.1, -0.05) is 25.9 Å². The number of esters is 1. The fourth-order valence-electron chi connectivity index (χ4n) is 3.33. The van der Waals surface area contributed by atoms with Gasteiger partial charge in [-0.15, -0.1) is 11.3 Å². The van der Waals surface area contributed by atoms with E-state index in [1.165, 1.54) is 39.0 Å². The van der Waals surface area contributed by atoms with Gasteiger partial charge in [-0.25, -0.2) is 9.29 Å². The smallest absolute Gasteiger partial charge is 0.362 e. The van der Waals surface area contributed by atoms with Crippen LogP contribution in [-0.4, -0.2) is 96.1 Å². The van der Waals surface area contributed by atoms with Gasteiger partial charge in [-0.2, -0.15) is 8.42 Å². The number of amides is 2. The van der Waals surface area contributed by atoms with Crippen LogP contribution in [0.15, 0.2) is 10.5 Å². The fourth-order valence-corrected chi connectivity index (χ4v) is 4.78. The molecule has 4 N–H and O–H groups in total. The Hall–Kier alpha value is -2.82. The van der Waals surface area contributed by atoms with Gasteiger partial charge in [-0.05, 0) is 32.5 Å². The van der Waals surface area contributed by atoms with Crippen molar-refractivity contribution in [1.82, 2.24) is 19.5 Å². The van der Waals surface area contributed by atoms with Gasteiger partial charge < -0.3 is 25.5 Å². The number of thiazole rings is 1. The van der Waals surface area contributed by atoms with Crippen LogP contribution in [0.4, 0.5) is 5.13 Å². The van der Waals surface area contributed by atoms with E-state index in [2.05, 4.69) is 46.0 Å². The van der Waals surface area contributed by atoms with Crippen molar-refractivity contribution in [1.29, 1.82) is 0 Å². The Balaban J connectivity index is 0.000000809. The molecule has 2 rings (SSSR count).